The van der Waals surface area contributed by atoms with Crippen LogP contribution < -0.4 is 10.1 Å². The molecular weight excluding hydrogens is 200 g/mol. The number of methoxy groups -OCH3 is 1. The summed E-state index contributed by atoms with van der Waals surface area (Å²) < 4.78 is 5.33. The molecule has 0 aromatic heterocycles. The Morgan fingerprint density at radius 1 is 1.31 bits per heavy atom. The van der Waals surface area contributed by atoms with Gasteiger partial charge in [0, 0.05) is 12.6 Å². The first kappa shape index (κ1) is 12.8. The lowest BCUT2D eigenvalue weighted by Crippen LogP contribution is -2.13. The Morgan fingerprint density at radius 3 is 2.50 bits per heavy atom. The van der Waals surface area contributed by atoms with Crippen LogP contribution >= 0.6 is 0 Å². The molecule has 0 aliphatic rings. The zero-order chi connectivity index (χ0) is 12.1. The summed E-state index contributed by atoms with van der Waals surface area (Å²) in [6, 6.07) is 6.68. The van der Waals surface area contributed by atoms with Crippen LogP contribution in [0.25, 0.3) is 0 Å². The van der Waals surface area contributed by atoms with Crippen molar-refractivity contribution in [2.75, 3.05) is 26.5 Å². The second-order valence-corrected chi connectivity index (χ2v) is 4.57. The van der Waals surface area contributed by atoms with E-state index in [0.29, 0.717) is 6.04 Å². The van der Waals surface area contributed by atoms with Crippen LogP contribution in [0.5, 0.6) is 5.75 Å². The third-order valence-electron chi connectivity index (χ3n) is 2.21. The van der Waals surface area contributed by atoms with Gasteiger partial charge in [0.15, 0.2) is 0 Å². The molecule has 0 amide bonds. The predicted molar refractivity (Wildman–Crippen MR) is 69.1 cm³/mol. The average molecular weight is 222 g/mol. The summed E-state index contributed by atoms with van der Waals surface area (Å²) in [7, 11) is 5.84. The van der Waals surface area contributed by atoms with Gasteiger partial charge in [-0.1, -0.05) is 6.07 Å². The fraction of sp³-hybridized carbons (Fsp3) is 0.538. The monoisotopic (exact) mass is 222 g/mol. The van der Waals surface area contributed by atoms with Crippen molar-refractivity contribution in [1.82, 2.24) is 4.90 Å². The van der Waals surface area contributed by atoms with Gasteiger partial charge in [-0.05, 0) is 45.6 Å². The lowest BCUT2D eigenvalue weighted by atomic mass is 10.1. The predicted octanol–water partition coefficient (Wildman–Crippen LogP) is 2.58. The molecule has 16 heavy (non-hydrogen) atoms. The third-order valence-corrected chi connectivity index (χ3v) is 2.21. The zero-order valence-electron chi connectivity index (χ0n) is 10.9. The summed E-state index contributed by atoms with van der Waals surface area (Å²) in [6.07, 6.45) is 0. The molecule has 0 heterocycles. The van der Waals surface area contributed by atoms with Crippen LogP contribution in [-0.4, -0.2) is 32.1 Å². The van der Waals surface area contributed by atoms with Crippen LogP contribution in [0.1, 0.15) is 19.4 Å². The molecule has 1 aromatic carbocycles. The van der Waals surface area contributed by atoms with Crippen molar-refractivity contribution in [3.05, 3.63) is 23.8 Å². The van der Waals surface area contributed by atoms with Crippen molar-refractivity contribution in [1.29, 1.82) is 0 Å². The highest BCUT2D eigenvalue weighted by molar-refractivity contribution is 5.58. The topological polar surface area (TPSA) is 24.5 Å². The number of nitrogens with zero attached hydrogens (tertiary/aromatic N) is 1. The number of hydrogen-bond donors (Lipinski definition) is 1. The molecule has 0 radical (unpaired) electrons. The Labute approximate surface area is 98.4 Å². The number of anilines is 1. The van der Waals surface area contributed by atoms with Crippen LogP contribution in [0.2, 0.25) is 0 Å². The maximum absolute atomic E-state index is 5.33. The minimum Gasteiger partial charge on any atom is -0.495 e. The van der Waals surface area contributed by atoms with E-state index in [9.17, 15) is 0 Å². The number of rotatable bonds is 5. The van der Waals surface area contributed by atoms with E-state index >= 15 is 0 Å². The molecule has 0 aliphatic carbocycles. The second-order valence-electron chi connectivity index (χ2n) is 4.57. The normalized spacial score (nSPS) is 10.9. The smallest absolute Gasteiger partial charge is 0.141 e. The van der Waals surface area contributed by atoms with Gasteiger partial charge in [0.05, 0.1) is 12.8 Å². The highest BCUT2D eigenvalue weighted by Crippen LogP contribution is 2.26. The van der Waals surface area contributed by atoms with Crippen LogP contribution in [0.15, 0.2) is 18.2 Å². The molecule has 1 N–H and O–H groups in total. The van der Waals surface area contributed by atoms with Crippen molar-refractivity contribution < 1.29 is 4.74 Å². The minimum absolute atomic E-state index is 0.406. The molecule has 0 atom stereocenters. The largest absolute Gasteiger partial charge is 0.495 e. The molecule has 1 aromatic rings. The molecular formula is C13H22N2O. The van der Waals surface area contributed by atoms with E-state index < -0.39 is 0 Å². The highest BCUT2D eigenvalue weighted by atomic mass is 16.5. The molecule has 0 fully saturated rings. The highest BCUT2D eigenvalue weighted by Gasteiger charge is 2.06. The van der Waals surface area contributed by atoms with Gasteiger partial charge in [-0.3, -0.25) is 0 Å². The van der Waals surface area contributed by atoms with Crippen molar-refractivity contribution in [2.24, 2.45) is 0 Å². The van der Waals surface area contributed by atoms with Crippen molar-refractivity contribution in [3.8, 4) is 5.75 Å². The average Bonchev–Trinajstić information content (AvgIpc) is 2.16. The number of hydrogen-bond acceptors (Lipinski definition) is 3. The Bertz CT molecular complexity index is 335. The van der Waals surface area contributed by atoms with Gasteiger partial charge in [0.1, 0.15) is 5.75 Å². The van der Waals surface area contributed by atoms with Crippen molar-refractivity contribution >= 4 is 5.69 Å². The molecule has 0 unspecified atom stereocenters. The molecule has 1 rings (SSSR count). The first-order valence-corrected chi connectivity index (χ1v) is 5.61. The van der Waals surface area contributed by atoms with Crippen molar-refractivity contribution in [2.45, 2.75) is 26.4 Å². The summed E-state index contributed by atoms with van der Waals surface area (Å²) >= 11 is 0. The first-order chi connectivity index (χ1) is 7.52. The van der Waals surface area contributed by atoms with E-state index in [1.54, 1.807) is 7.11 Å². The SMILES string of the molecule is COc1ccc(CN(C)C)cc1NC(C)C. The first-order valence-electron chi connectivity index (χ1n) is 5.61. The van der Waals surface area contributed by atoms with Gasteiger partial charge in [-0.15, -0.1) is 0 Å². The number of ether oxygens (including phenoxy) is 1. The van der Waals surface area contributed by atoms with Gasteiger partial charge in [-0.2, -0.15) is 0 Å². The van der Waals surface area contributed by atoms with Gasteiger partial charge < -0.3 is 15.0 Å². The van der Waals surface area contributed by atoms with Gasteiger partial charge in [0.2, 0.25) is 0 Å². The Morgan fingerprint density at radius 2 is 2.00 bits per heavy atom. The second kappa shape index (κ2) is 5.75. The van der Waals surface area contributed by atoms with E-state index in [1.165, 1.54) is 5.56 Å². The summed E-state index contributed by atoms with van der Waals surface area (Å²) in [6.45, 7) is 5.19. The van der Waals surface area contributed by atoms with Crippen LogP contribution in [0.3, 0.4) is 0 Å². The molecule has 3 nitrogen and oxygen atoms in total. The fourth-order valence-electron chi connectivity index (χ4n) is 1.64. The van der Waals surface area contributed by atoms with E-state index in [2.05, 4.69) is 50.3 Å². The summed E-state index contributed by atoms with van der Waals surface area (Å²) in [5.41, 5.74) is 2.35. The quantitative estimate of drug-likeness (QED) is 0.828. The lowest BCUT2D eigenvalue weighted by Gasteiger charge is -2.16. The summed E-state index contributed by atoms with van der Waals surface area (Å²) in [4.78, 5) is 2.15. The van der Waals surface area contributed by atoms with Gasteiger partial charge in [-0.25, -0.2) is 0 Å². The summed E-state index contributed by atoms with van der Waals surface area (Å²) in [5.74, 6) is 0.899. The van der Waals surface area contributed by atoms with Crippen LogP contribution in [0.4, 0.5) is 5.69 Å². The molecule has 3 heteroatoms. The molecule has 0 saturated carbocycles. The molecule has 0 saturated heterocycles. The fourth-order valence-corrected chi connectivity index (χ4v) is 1.64. The Balaban J connectivity index is 2.91. The number of nitrogens with one attached hydrogen (secondary N) is 1. The van der Waals surface area contributed by atoms with Gasteiger partial charge in [0.25, 0.3) is 0 Å². The van der Waals surface area contributed by atoms with Crippen LogP contribution in [-0.2, 0) is 6.54 Å². The van der Waals surface area contributed by atoms with Gasteiger partial charge >= 0.3 is 0 Å². The molecule has 90 valence electrons. The van der Waals surface area contributed by atoms with E-state index in [-0.39, 0.29) is 0 Å². The lowest BCUT2D eigenvalue weighted by molar-refractivity contribution is 0.400. The maximum atomic E-state index is 5.33. The molecule has 0 bridgehead atoms. The zero-order valence-corrected chi connectivity index (χ0v) is 10.9. The van der Waals surface area contributed by atoms with E-state index in [4.69, 9.17) is 4.74 Å². The Hall–Kier alpha value is -1.22. The van der Waals surface area contributed by atoms with E-state index in [0.717, 1.165) is 18.0 Å². The van der Waals surface area contributed by atoms with Crippen LogP contribution in [0, 0.1) is 0 Å². The summed E-state index contributed by atoms with van der Waals surface area (Å²) in [5, 5.41) is 3.39. The molecule has 0 aliphatic heterocycles. The molecule has 0 spiro atoms. The number of benzene rings is 1. The minimum atomic E-state index is 0.406. The van der Waals surface area contributed by atoms with Crippen molar-refractivity contribution in [3.63, 3.8) is 0 Å². The maximum Gasteiger partial charge on any atom is 0.141 e. The van der Waals surface area contributed by atoms with E-state index in [1.807, 2.05) is 6.07 Å². The third kappa shape index (κ3) is 3.74. The Kier molecular flexibility index (Phi) is 4.62. The standard InChI is InChI=1S/C13H22N2O/c1-10(2)14-12-8-11(9-15(3)4)6-7-13(12)16-5/h6-8,10,14H,9H2,1-5H3.